The smallest absolute Gasteiger partial charge is 0.259 e. The predicted molar refractivity (Wildman–Crippen MR) is 103 cm³/mol. The molecule has 0 atom stereocenters. The normalized spacial score (nSPS) is 10.8. The van der Waals surface area contributed by atoms with Crippen LogP contribution in [0.25, 0.3) is 10.2 Å². The number of hydrogen-bond acceptors (Lipinski definition) is 5. The van der Waals surface area contributed by atoms with Crippen LogP contribution in [-0.2, 0) is 11.3 Å². The number of amides is 1. The Hall–Kier alpha value is -2.09. The highest BCUT2D eigenvalue weighted by molar-refractivity contribution is 7.18. The predicted octanol–water partition coefficient (Wildman–Crippen LogP) is 3.77. The molecule has 2 N–H and O–H groups in total. The first-order valence-electron chi connectivity index (χ1n) is 7.83. The number of carbonyl (C=O) groups is 1. The van der Waals surface area contributed by atoms with Crippen LogP contribution in [0.4, 0.5) is 0 Å². The van der Waals surface area contributed by atoms with Crippen LogP contribution in [0.15, 0.2) is 35.4 Å². The maximum atomic E-state index is 11.9. The molecule has 26 heavy (non-hydrogen) atoms. The third kappa shape index (κ3) is 4.75. The van der Waals surface area contributed by atoms with E-state index < -0.39 is 0 Å². The van der Waals surface area contributed by atoms with Gasteiger partial charge in [-0.3, -0.25) is 9.59 Å². The van der Waals surface area contributed by atoms with Crippen LogP contribution in [0.1, 0.15) is 17.7 Å². The molecule has 1 aromatic carbocycles. The Morgan fingerprint density at radius 1 is 1.31 bits per heavy atom. The molecule has 3 rings (SSSR count). The quantitative estimate of drug-likeness (QED) is 0.579. The summed E-state index contributed by atoms with van der Waals surface area (Å²) in [6.07, 6.45) is 2.25. The van der Waals surface area contributed by atoms with E-state index in [1.165, 1.54) is 17.7 Å². The summed E-state index contributed by atoms with van der Waals surface area (Å²) in [5.74, 6) is 0.453. The third-order valence-corrected chi connectivity index (χ3v) is 5.12. The number of carbonyl (C=O) groups excluding carboxylic acids is 1. The molecule has 3 aromatic rings. The van der Waals surface area contributed by atoms with Gasteiger partial charge in [0, 0.05) is 16.3 Å². The molecule has 2 aromatic heterocycles. The van der Waals surface area contributed by atoms with Crippen molar-refractivity contribution in [3.05, 3.63) is 55.9 Å². The second-order valence-corrected chi connectivity index (χ2v) is 7.43. The Labute approximate surface area is 163 Å². The Balaban J connectivity index is 1.42. The number of halogens is 2. The number of hydrogen-bond donors (Lipinski definition) is 2. The number of ether oxygens (including phenoxy) is 1. The van der Waals surface area contributed by atoms with E-state index >= 15 is 0 Å². The van der Waals surface area contributed by atoms with Gasteiger partial charge in [-0.2, -0.15) is 0 Å². The number of fused-ring (bicyclic) bond motifs is 1. The Kier molecular flexibility index (Phi) is 6.13. The van der Waals surface area contributed by atoms with Crippen molar-refractivity contribution in [3.8, 4) is 5.75 Å². The maximum Gasteiger partial charge on any atom is 0.259 e. The molecule has 0 saturated carbocycles. The number of rotatable bonds is 7. The number of H-pyrrole nitrogens is 1. The number of nitrogens with zero attached hydrogens (tertiary/aromatic N) is 1. The van der Waals surface area contributed by atoms with E-state index in [-0.39, 0.29) is 11.5 Å². The van der Waals surface area contributed by atoms with Crippen LogP contribution < -0.4 is 15.6 Å². The average molecular weight is 412 g/mol. The standard InChI is InChI=1S/C17H15Cl2N3O3S/c18-10-3-4-14(13(19)6-10)25-5-1-2-15(23)20-8-11-7-12-16(24)21-9-22-17(12)26-11/h3-4,6-7,9H,1-2,5,8H2,(H,20,23)(H,21,22,24). The van der Waals surface area contributed by atoms with Crippen molar-refractivity contribution < 1.29 is 9.53 Å². The number of benzene rings is 1. The van der Waals surface area contributed by atoms with E-state index in [0.29, 0.717) is 52.0 Å². The summed E-state index contributed by atoms with van der Waals surface area (Å²) in [5.41, 5.74) is -0.179. The van der Waals surface area contributed by atoms with Crippen LogP contribution in [0.5, 0.6) is 5.75 Å². The second-order valence-electron chi connectivity index (χ2n) is 5.47. The van der Waals surface area contributed by atoms with Crippen molar-refractivity contribution in [1.29, 1.82) is 0 Å². The van der Waals surface area contributed by atoms with E-state index in [4.69, 9.17) is 27.9 Å². The van der Waals surface area contributed by atoms with Gasteiger partial charge in [0.15, 0.2) is 0 Å². The minimum atomic E-state index is -0.179. The van der Waals surface area contributed by atoms with Gasteiger partial charge in [-0.1, -0.05) is 23.2 Å². The second kappa shape index (κ2) is 8.53. The van der Waals surface area contributed by atoms with Crippen molar-refractivity contribution in [1.82, 2.24) is 15.3 Å². The fourth-order valence-electron chi connectivity index (χ4n) is 2.29. The summed E-state index contributed by atoms with van der Waals surface area (Å²) < 4.78 is 5.54. The van der Waals surface area contributed by atoms with Crippen molar-refractivity contribution in [3.63, 3.8) is 0 Å². The molecule has 0 fully saturated rings. The van der Waals surface area contributed by atoms with Crippen LogP contribution >= 0.6 is 34.5 Å². The summed E-state index contributed by atoms with van der Waals surface area (Å²) in [7, 11) is 0. The molecule has 136 valence electrons. The zero-order chi connectivity index (χ0) is 18.5. The van der Waals surface area contributed by atoms with E-state index in [1.54, 1.807) is 24.3 Å². The molecule has 0 radical (unpaired) electrons. The monoisotopic (exact) mass is 411 g/mol. The fraction of sp³-hybridized carbons (Fsp3) is 0.235. The molecule has 0 aliphatic rings. The number of aromatic amines is 1. The summed E-state index contributed by atoms with van der Waals surface area (Å²) >= 11 is 13.2. The third-order valence-electron chi connectivity index (χ3n) is 3.55. The number of thiophene rings is 1. The van der Waals surface area contributed by atoms with E-state index in [1.807, 2.05) is 0 Å². The highest BCUT2D eigenvalue weighted by Crippen LogP contribution is 2.27. The van der Waals surface area contributed by atoms with Crippen LogP contribution in [0, 0.1) is 0 Å². The van der Waals surface area contributed by atoms with Gasteiger partial charge in [-0.25, -0.2) is 4.98 Å². The lowest BCUT2D eigenvalue weighted by Gasteiger charge is -2.08. The van der Waals surface area contributed by atoms with Crippen LogP contribution in [-0.4, -0.2) is 22.5 Å². The van der Waals surface area contributed by atoms with Crippen LogP contribution in [0.2, 0.25) is 10.0 Å². The summed E-state index contributed by atoms with van der Waals surface area (Å²) in [6, 6.07) is 6.75. The van der Waals surface area contributed by atoms with Crippen molar-refractivity contribution in [2.75, 3.05) is 6.61 Å². The van der Waals surface area contributed by atoms with Crippen molar-refractivity contribution in [2.24, 2.45) is 0 Å². The first kappa shape index (κ1) is 18.7. The van der Waals surface area contributed by atoms with E-state index in [9.17, 15) is 9.59 Å². The molecule has 9 heteroatoms. The summed E-state index contributed by atoms with van der Waals surface area (Å²) in [5, 5.41) is 4.35. The highest BCUT2D eigenvalue weighted by Gasteiger charge is 2.08. The number of aromatic nitrogens is 2. The van der Waals surface area contributed by atoms with Gasteiger partial charge in [-0.15, -0.1) is 11.3 Å². The first-order chi connectivity index (χ1) is 12.5. The van der Waals surface area contributed by atoms with E-state index in [0.717, 1.165) is 4.88 Å². The minimum Gasteiger partial charge on any atom is -0.492 e. The lowest BCUT2D eigenvalue weighted by molar-refractivity contribution is -0.121. The molecule has 6 nitrogen and oxygen atoms in total. The van der Waals surface area contributed by atoms with Gasteiger partial charge in [-0.05, 0) is 30.7 Å². The lowest BCUT2D eigenvalue weighted by atomic mass is 10.3. The Bertz CT molecular complexity index is 987. The molecular weight excluding hydrogens is 397 g/mol. The molecule has 0 spiro atoms. The van der Waals surface area contributed by atoms with Crippen molar-refractivity contribution in [2.45, 2.75) is 19.4 Å². The molecule has 2 heterocycles. The Morgan fingerprint density at radius 2 is 2.15 bits per heavy atom. The maximum absolute atomic E-state index is 11.9. The van der Waals surface area contributed by atoms with Crippen LogP contribution in [0.3, 0.4) is 0 Å². The summed E-state index contributed by atoms with van der Waals surface area (Å²) in [6.45, 7) is 0.736. The molecule has 0 saturated heterocycles. The largest absolute Gasteiger partial charge is 0.492 e. The lowest BCUT2D eigenvalue weighted by Crippen LogP contribution is -2.22. The first-order valence-corrected chi connectivity index (χ1v) is 9.41. The zero-order valence-electron chi connectivity index (χ0n) is 13.6. The fourth-order valence-corrected chi connectivity index (χ4v) is 3.69. The topological polar surface area (TPSA) is 84.1 Å². The van der Waals surface area contributed by atoms with E-state index in [2.05, 4.69) is 15.3 Å². The van der Waals surface area contributed by atoms with Gasteiger partial charge >= 0.3 is 0 Å². The molecule has 0 unspecified atom stereocenters. The number of nitrogens with one attached hydrogen (secondary N) is 2. The van der Waals surface area contributed by atoms with Gasteiger partial charge in [0.2, 0.25) is 5.91 Å². The highest BCUT2D eigenvalue weighted by atomic mass is 35.5. The average Bonchev–Trinajstić information content (AvgIpc) is 3.03. The SMILES string of the molecule is O=C(CCCOc1ccc(Cl)cc1Cl)NCc1cc2c(=O)[nH]cnc2s1. The van der Waals surface area contributed by atoms with Gasteiger partial charge in [0.1, 0.15) is 10.6 Å². The Morgan fingerprint density at radius 3 is 2.92 bits per heavy atom. The van der Waals surface area contributed by atoms with Gasteiger partial charge < -0.3 is 15.0 Å². The van der Waals surface area contributed by atoms with Gasteiger partial charge in [0.05, 0.1) is 29.9 Å². The zero-order valence-corrected chi connectivity index (χ0v) is 15.9. The molecule has 0 aliphatic heterocycles. The molecule has 1 amide bonds. The molecule has 0 bridgehead atoms. The summed E-state index contributed by atoms with van der Waals surface area (Å²) in [4.78, 5) is 31.8. The molecular formula is C17H15Cl2N3O3S. The van der Waals surface area contributed by atoms with Crippen molar-refractivity contribution >= 4 is 50.7 Å². The minimum absolute atomic E-state index is 0.0878. The van der Waals surface area contributed by atoms with Gasteiger partial charge in [0.25, 0.3) is 5.56 Å². The molecule has 0 aliphatic carbocycles.